The summed E-state index contributed by atoms with van der Waals surface area (Å²) in [7, 11) is 0. The molecule has 2 aliphatic heterocycles. The van der Waals surface area contributed by atoms with E-state index in [1.54, 1.807) is 0 Å². The van der Waals surface area contributed by atoms with Crippen LogP contribution in [0.4, 0.5) is 0 Å². The smallest absolute Gasteiger partial charge is 0.0936 e. The fourth-order valence-corrected chi connectivity index (χ4v) is 2.11. The van der Waals surface area contributed by atoms with E-state index in [9.17, 15) is 0 Å². The summed E-state index contributed by atoms with van der Waals surface area (Å²) >= 11 is 0. The van der Waals surface area contributed by atoms with Crippen LogP contribution in [-0.2, 0) is 9.47 Å². The minimum atomic E-state index is 0.535. The summed E-state index contributed by atoms with van der Waals surface area (Å²) in [6, 6.07) is 0. The number of hydrogen-bond donors (Lipinski definition) is 0. The summed E-state index contributed by atoms with van der Waals surface area (Å²) in [4.78, 5) is 2.50. The Kier molecular flexibility index (Phi) is 2.04. The Bertz CT molecular complexity index is 189. The van der Waals surface area contributed by atoms with E-state index in [4.69, 9.17) is 9.47 Å². The molecule has 0 aromatic heterocycles. The van der Waals surface area contributed by atoms with Crippen LogP contribution in [0.3, 0.4) is 0 Å². The van der Waals surface area contributed by atoms with Gasteiger partial charge in [-0.05, 0) is 18.8 Å². The molecule has 3 rings (SSSR count). The third-order valence-electron chi connectivity index (χ3n) is 3.19. The normalized spacial score (nSPS) is 40.6. The molecule has 3 fully saturated rings. The van der Waals surface area contributed by atoms with Crippen LogP contribution in [0.2, 0.25) is 0 Å². The van der Waals surface area contributed by atoms with Gasteiger partial charge >= 0.3 is 0 Å². The lowest BCUT2D eigenvalue weighted by molar-refractivity contribution is -0.0405. The van der Waals surface area contributed by atoms with Crippen molar-refractivity contribution in [3.63, 3.8) is 0 Å². The highest BCUT2D eigenvalue weighted by atomic mass is 16.6. The number of rotatable bonds is 3. The van der Waals surface area contributed by atoms with Crippen molar-refractivity contribution < 1.29 is 9.47 Å². The van der Waals surface area contributed by atoms with Crippen molar-refractivity contribution in [1.82, 2.24) is 4.90 Å². The second kappa shape index (κ2) is 3.23. The van der Waals surface area contributed by atoms with Crippen LogP contribution in [0.5, 0.6) is 0 Å². The largest absolute Gasteiger partial charge is 0.375 e. The Hall–Kier alpha value is -0.120. The molecule has 3 heteroatoms. The van der Waals surface area contributed by atoms with Gasteiger partial charge in [-0.25, -0.2) is 0 Å². The van der Waals surface area contributed by atoms with Crippen molar-refractivity contribution >= 4 is 0 Å². The van der Waals surface area contributed by atoms with Gasteiger partial charge in [0.15, 0.2) is 0 Å². The first-order valence-corrected chi connectivity index (χ1v) is 5.37. The Morgan fingerprint density at radius 3 is 2.77 bits per heavy atom. The molecule has 2 heterocycles. The third kappa shape index (κ3) is 2.03. The number of epoxide rings is 1. The molecule has 0 aromatic rings. The van der Waals surface area contributed by atoms with Crippen LogP contribution < -0.4 is 0 Å². The predicted octanol–water partition coefficient (Wildman–Crippen LogP) is 0.496. The quantitative estimate of drug-likeness (QED) is 0.596. The molecule has 0 radical (unpaired) electrons. The first-order valence-electron chi connectivity index (χ1n) is 5.37. The molecule has 1 saturated carbocycles. The summed E-state index contributed by atoms with van der Waals surface area (Å²) in [6.07, 6.45) is 3.85. The van der Waals surface area contributed by atoms with Crippen molar-refractivity contribution in [1.29, 1.82) is 0 Å². The maximum atomic E-state index is 5.75. The van der Waals surface area contributed by atoms with E-state index in [1.807, 2.05) is 0 Å². The number of hydrogen-bond acceptors (Lipinski definition) is 3. The standard InChI is InChI=1S/C10H17NO2/c1-2-8(1)10-6-11(3-4-12-10)5-9-7-13-9/h8-10H,1-7H2. The van der Waals surface area contributed by atoms with Gasteiger partial charge in [0.05, 0.1) is 25.4 Å². The van der Waals surface area contributed by atoms with E-state index in [0.29, 0.717) is 12.2 Å². The van der Waals surface area contributed by atoms with Crippen molar-refractivity contribution in [3.05, 3.63) is 0 Å². The summed E-state index contributed by atoms with van der Waals surface area (Å²) in [6.45, 7) is 5.28. The molecule has 0 amide bonds. The van der Waals surface area contributed by atoms with E-state index < -0.39 is 0 Å². The summed E-state index contributed by atoms with van der Waals surface area (Å²) in [5.41, 5.74) is 0. The summed E-state index contributed by atoms with van der Waals surface area (Å²) in [5.74, 6) is 0.878. The molecule has 3 aliphatic rings. The van der Waals surface area contributed by atoms with Gasteiger partial charge in [0.2, 0.25) is 0 Å². The second-order valence-corrected chi connectivity index (χ2v) is 4.46. The molecule has 0 spiro atoms. The van der Waals surface area contributed by atoms with E-state index in [0.717, 1.165) is 38.8 Å². The highest BCUT2D eigenvalue weighted by Crippen LogP contribution is 2.35. The lowest BCUT2D eigenvalue weighted by Gasteiger charge is -2.32. The van der Waals surface area contributed by atoms with Crippen LogP contribution in [-0.4, -0.2) is 50.0 Å². The number of nitrogens with zero attached hydrogens (tertiary/aromatic N) is 1. The maximum absolute atomic E-state index is 5.75. The Labute approximate surface area is 79.0 Å². The highest BCUT2D eigenvalue weighted by Gasteiger charge is 2.36. The summed E-state index contributed by atoms with van der Waals surface area (Å²) < 4.78 is 11.0. The van der Waals surface area contributed by atoms with Gasteiger partial charge in [0.25, 0.3) is 0 Å². The van der Waals surface area contributed by atoms with Crippen LogP contribution >= 0.6 is 0 Å². The van der Waals surface area contributed by atoms with E-state index >= 15 is 0 Å². The minimum Gasteiger partial charge on any atom is -0.375 e. The Morgan fingerprint density at radius 2 is 2.08 bits per heavy atom. The van der Waals surface area contributed by atoms with Gasteiger partial charge in [-0.2, -0.15) is 0 Å². The van der Waals surface area contributed by atoms with Crippen LogP contribution in [0.15, 0.2) is 0 Å². The first kappa shape index (κ1) is 8.21. The average molecular weight is 183 g/mol. The van der Waals surface area contributed by atoms with Crippen LogP contribution in [0.25, 0.3) is 0 Å². The summed E-state index contributed by atoms with van der Waals surface area (Å²) in [5, 5.41) is 0. The SMILES string of the molecule is C1CN(CC2CO2)CC(C2CC2)O1. The Balaban J connectivity index is 1.50. The monoisotopic (exact) mass is 183 g/mol. The van der Waals surface area contributed by atoms with Crippen molar-refractivity contribution in [2.24, 2.45) is 5.92 Å². The highest BCUT2D eigenvalue weighted by molar-refractivity contribution is 4.87. The van der Waals surface area contributed by atoms with Gasteiger partial charge in [0, 0.05) is 19.6 Å². The predicted molar refractivity (Wildman–Crippen MR) is 48.6 cm³/mol. The van der Waals surface area contributed by atoms with Crippen molar-refractivity contribution in [2.45, 2.75) is 25.0 Å². The van der Waals surface area contributed by atoms with Gasteiger partial charge in [-0.15, -0.1) is 0 Å². The zero-order valence-electron chi connectivity index (χ0n) is 7.95. The molecule has 13 heavy (non-hydrogen) atoms. The fraction of sp³-hybridized carbons (Fsp3) is 1.00. The van der Waals surface area contributed by atoms with Crippen molar-refractivity contribution in [2.75, 3.05) is 32.8 Å². The molecule has 2 unspecified atom stereocenters. The van der Waals surface area contributed by atoms with E-state index in [2.05, 4.69) is 4.90 Å². The zero-order chi connectivity index (χ0) is 8.67. The topological polar surface area (TPSA) is 25.0 Å². The van der Waals surface area contributed by atoms with Gasteiger partial charge in [-0.3, -0.25) is 4.90 Å². The molecule has 74 valence electrons. The van der Waals surface area contributed by atoms with Gasteiger partial charge in [-0.1, -0.05) is 0 Å². The van der Waals surface area contributed by atoms with Crippen LogP contribution in [0, 0.1) is 5.92 Å². The maximum Gasteiger partial charge on any atom is 0.0936 e. The van der Waals surface area contributed by atoms with Crippen molar-refractivity contribution in [3.8, 4) is 0 Å². The lowest BCUT2D eigenvalue weighted by atomic mass is 10.2. The fourth-order valence-electron chi connectivity index (χ4n) is 2.11. The molecule has 0 bridgehead atoms. The molecular formula is C10H17NO2. The van der Waals surface area contributed by atoms with E-state index in [1.165, 1.54) is 12.8 Å². The molecule has 2 atom stereocenters. The average Bonchev–Trinajstić information content (AvgIpc) is 3.00. The first-order chi connectivity index (χ1) is 6.42. The van der Waals surface area contributed by atoms with Gasteiger partial charge in [0.1, 0.15) is 0 Å². The molecule has 1 aliphatic carbocycles. The second-order valence-electron chi connectivity index (χ2n) is 4.46. The molecule has 2 saturated heterocycles. The number of morpholine rings is 1. The Morgan fingerprint density at radius 1 is 1.23 bits per heavy atom. The van der Waals surface area contributed by atoms with Gasteiger partial charge < -0.3 is 9.47 Å². The lowest BCUT2D eigenvalue weighted by Crippen LogP contribution is -2.44. The molecule has 0 N–H and O–H groups in total. The minimum absolute atomic E-state index is 0.535. The molecular weight excluding hydrogens is 166 g/mol. The zero-order valence-corrected chi connectivity index (χ0v) is 7.95. The molecule has 0 aromatic carbocycles. The third-order valence-corrected chi connectivity index (χ3v) is 3.19. The van der Waals surface area contributed by atoms with Crippen LogP contribution in [0.1, 0.15) is 12.8 Å². The van der Waals surface area contributed by atoms with E-state index in [-0.39, 0.29) is 0 Å². The molecule has 3 nitrogen and oxygen atoms in total. The number of ether oxygens (including phenoxy) is 2.